The summed E-state index contributed by atoms with van der Waals surface area (Å²) in [4.78, 5) is 30.2. The number of benzene rings is 1. The Morgan fingerprint density at radius 3 is 2.81 bits per heavy atom. The first kappa shape index (κ1) is 16.8. The Morgan fingerprint density at radius 2 is 2.04 bits per heavy atom. The van der Waals surface area contributed by atoms with Gasteiger partial charge in [0.25, 0.3) is 5.91 Å². The van der Waals surface area contributed by atoms with E-state index in [1.165, 1.54) is 11.3 Å². The molecule has 7 heteroatoms. The highest BCUT2D eigenvalue weighted by molar-refractivity contribution is 7.21. The van der Waals surface area contributed by atoms with E-state index in [0.717, 1.165) is 15.2 Å². The largest absolute Gasteiger partial charge is 0.481 e. The SMILES string of the molecule is CC1CCC(C(=O)O)CN1C(=O)c1ccc(-c2nc3ccccc3s2)o1. The van der Waals surface area contributed by atoms with Crippen molar-refractivity contribution in [1.29, 1.82) is 0 Å². The van der Waals surface area contributed by atoms with Crippen molar-refractivity contribution in [1.82, 2.24) is 9.88 Å². The molecule has 3 heterocycles. The summed E-state index contributed by atoms with van der Waals surface area (Å²) in [7, 11) is 0. The number of amides is 1. The van der Waals surface area contributed by atoms with Crippen LogP contribution < -0.4 is 0 Å². The molecule has 2 aromatic heterocycles. The van der Waals surface area contributed by atoms with Crippen LogP contribution in [0.15, 0.2) is 40.8 Å². The smallest absolute Gasteiger partial charge is 0.308 e. The van der Waals surface area contributed by atoms with Crippen LogP contribution in [0.25, 0.3) is 21.0 Å². The van der Waals surface area contributed by atoms with Gasteiger partial charge in [0.15, 0.2) is 16.5 Å². The fraction of sp³-hybridized carbons (Fsp3) is 0.316. The van der Waals surface area contributed by atoms with Crippen LogP contribution in [0.1, 0.15) is 30.3 Å². The van der Waals surface area contributed by atoms with E-state index in [9.17, 15) is 14.7 Å². The molecule has 1 saturated heterocycles. The lowest BCUT2D eigenvalue weighted by atomic mass is 9.93. The Balaban J connectivity index is 1.58. The zero-order valence-corrected chi connectivity index (χ0v) is 15.0. The van der Waals surface area contributed by atoms with Gasteiger partial charge in [0.2, 0.25) is 0 Å². The molecule has 1 aliphatic heterocycles. The molecule has 0 radical (unpaired) electrons. The average molecular weight is 370 g/mol. The molecule has 3 aromatic rings. The van der Waals surface area contributed by atoms with E-state index in [2.05, 4.69) is 4.98 Å². The average Bonchev–Trinajstić information content (AvgIpc) is 3.28. The predicted molar refractivity (Wildman–Crippen MR) is 98.2 cm³/mol. The third kappa shape index (κ3) is 2.99. The number of aliphatic carboxylic acids is 1. The van der Waals surface area contributed by atoms with Crippen LogP contribution in [0.5, 0.6) is 0 Å². The first-order valence-electron chi connectivity index (χ1n) is 8.52. The number of carbonyl (C=O) groups excluding carboxylic acids is 1. The molecule has 1 N–H and O–H groups in total. The number of nitrogens with zero attached hydrogens (tertiary/aromatic N) is 2. The van der Waals surface area contributed by atoms with Crippen molar-refractivity contribution in [3.05, 3.63) is 42.2 Å². The van der Waals surface area contributed by atoms with Crippen LogP contribution in [-0.4, -0.2) is 39.5 Å². The first-order chi connectivity index (χ1) is 12.5. The van der Waals surface area contributed by atoms with E-state index >= 15 is 0 Å². The molecule has 4 rings (SSSR count). The molecule has 2 unspecified atom stereocenters. The third-order valence-electron chi connectivity index (χ3n) is 4.81. The second-order valence-corrected chi connectivity index (χ2v) is 7.60. The van der Waals surface area contributed by atoms with Gasteiger partial charge in [-0.2, -0.15) is 0 Å². The summed E-state index contributed by atoms with van der Waals surface area (Å²) in [6.45, 7) is 2.15. The summed E-state index contributed by atoms with van der Waals surface area (Å²) in [5, 5.41) is 9.97. The number of hydrogen-bond acceptors (Lipinski definition) is 5. The lowest BCUT2D eigenvalue weighted by Gasteiger charge is -2.35. The number of piperidine rings is 1. The van der Waals surface area contributed by atoms with Gasteiger partial charge >= 0.3 is 5.97 Å². The van der Waals surface area contributed by atoms with Crippen molar-refractivity contribution in [2.45, 2.75) is 25.8 Å². The van der Waals surface area contributed by atoms with Crippen LogP contribution in [0.2, 0.25) is 0 Å². The van der Waals surface area contributed by atoms with Gasteiger partial charge in [-0.05, 0) is 44.0 Å². The van der Waals surface area contributed by atoms with Gasteiger partial charge in [0.05, 0.1) is 16.1 Å². The van der Waals surface area contributed by atoms with Crippen molar-refractivity contribution in [3.63, 3.8) is 0 Å². The van der Waals surface area contributed by atoms with E-state index in [1.807, 2.05) is 31.2 Å². The number of furan rings is 1. The van der Waals surface area contributed by atoms with Gasteiger partial charge in [0, 0.05) is 12.6 Å². The van der Waals surface area contributed by atoms with Crippen molar-refractivity contribution >= 4 is 33.4 Å². The number of para-hydroxylation sites is 1. The number of likely N-dealkylation sites (tertiary alicyclic amines) is 1. The number of carbonyl (C=O) groups is 2. The minimum atomic E-state index is -0.857. The molecule has 0 spiro atoms. The Labute approximate surface area is 154 Å². The summed E-state index contributed by atoms with van der Waals surface area (Å²) in [6, 6.07) is 11.2. The highest BCUT2D eigenvalue weighted by Crippen LogP contribution is 2.32. The Kier molecular flexibility index (Phi) is 4.24. The van der Waals surface area contributed by atoms with Crippen molar-refractivity contribution in [3.8, 4) is 10.8 Å². The summed E-state index contributed by atoms with van der Waals surface area (Å²) in [5.74, 6) is -0.875. The van der Waals surface area contributed by atoms with Crippen LogP contribution in [-0.2, 0) is 4.79 Å². The van der Waals surface area contributed by atoms with Crippen molar-refractivity contribution in [2.75, 3.05) is 6.54 Å². The van der Waals surface area contributed by atoms with E-state index in [-0.39, 0.29) is 24.3 Å². The number of rotatable bonds is 3. The molecular weight excluding hydrogens is 352 g/mol. The lowest BCUT2D eigenvalue weighted by Crippen LogP contribution is -2.47. The summed E-state index contributed by atoms with van der Waals surface area (Å²) in [5.41, 5.74) is 0.894. The number of fused-ring (bicyclic) bond motifs is 1. The normalized spacial score (nSPS) is 20.4. The quantitative estimate of drug-likeness (QED) is 0.756. The van der Waals surface area contributed by atoms with E-state index < -0.39 is 11.9 Å². The highest BCUT2D eigenvalue weighted by atomic mass is 32.1. The number of hydrogen-bond donors (Lipinski definition) is 1. The Morgan fingerprint density at radius 1 is 1.23 bits per heavy atom. The van der Waals surface area contributed by atoms with Crippen LogP contribution in [0, 0.1) is 5.92 Å². The maximum Gasteiger partial charge on any atom is 0.308 e. The molecule has 2 atom stereocenters. The summed E-state index contributed by atoms with van der Waals surface area (Å²) >= 11 is 1.51. The monoisotopic (exact) mass is 370 g/mol. The van der Waals surface area contributed by atoms with Gasteiger partial charge in [-0.1, -0.05) is 12.1 Å². The predicted octanol–water partition coefficient (Wildman–Crippen LogP) is 3.88. The molecule has 0 saturated carbocycles. The molecule has 6 nitrogen and oxygen atoms in total. The van der Waals surface area contributed by atoms with Crippen molar-refractivity contribution in [2.24, 2.45) is 5.92 Å². The molecule has 26 heavy (non-hydrogen) atoms. The number of carboxylic acid groups (broad SMARTS) is 1. The topological polar surface area (TPSA) is 83.6 Å². The van der Waals surface area contributed by atoms with Crippen molar-refractivity contribution < 1.29 is 19.1 Å². The fourth-order valence-corrected chi connectivity index (χ4v) is 4.21. The van der Waals surface area contributed by atoms with Gasteiger partial charge in [-0.15, -0.1) is 11.3 Å². The fourth-order valence-electron chi connectivity index (χ4n) is 3.28. The Hall–Kier alpha value is -2.67. The van der Waals surface area contributed by atoms with Crippen LogP contribution in [0.4, 0.5) is 0 Å². The lowest BCUT2D eigenvalue weighted by molar-refractivity contribution is -0.143. The van der Waals surface area contributed by atoms with E-state index in [4.69, 9.17) is 4.42 Å². The molecule has 0 bridgehead atoms. The molecule has 0 aliphatic carbocycles. The second-order valence-electron chi connectivity index (χ2n) is 6.57. The van der Waals surface area contributed by atoms with Gasteiger partial charge in [-0.3, -0.25) is 9.59 Å². The van der Waals surface area contributed by atoms with Crippen LogP contribution in [0.3, 0.4) is 0 Å². The zero-order valence-electron chi connectivity index (χ0n) is 14.2. The Bertz CT molecular complexity index is 944. The van der Waals surface area contributed by atoms with Crippen LogP contribution >= 0.6 is 11.3 Å². The third-order valence-corrected chi connectivity index (χ3v) is 5.86. The zero-order chi connectivity index (χ0) is 18.3. The molecule has 1 aliphatic rings. The minimum absolute atomic E-state index is 0.00546. The van der Waals surface area contributed by atoms with Gasteiger partial charge in [0.1, 0.15) is 0 Å². The highest BCUT2D eigenvalue weighted by Gasteiger charge is 2.34. The molecule has 1 fully saturated rings. The number of carboxylic acids is 1. The second kappa shape index (κ2) is 6.57. The maximum absolute atomic E-state index is 12.8. The summed E-state index contributed by atoms with van der Waals surface area (Å²) in [6.07, 6.45) is 1.27. The van der Waals surface area contributed by atoms with Gasteiger partial charge in [-0.25, -0.2) is 4.98 Å². The molecule has 1 amide bonds. The molecule has 1 aromatic carbocycles. The summed E-state index contributed by atoms with van der Waals surface area (Å²) < 4.78 is 6.82. The minimum Gasteiger partial charge on any atom is -0.481 e. The first-order valence-corrected chi connectivity index (χ1v) is 9.34. The van der Waals surface area contributed by atoms with E-state index in [0.29, 0.717) is 18.6 Å². The number of aromatic nitrogens is 1. The van der Waals surface area contributed by atoms with E-state index in [1.54, 1.807) is 17.0 Å². The molecular formula is C19H18N2O4S. The standard InChI is InChI=1S/C19H18N2O4S/c1-11-6-7-12(19(23)24)10-21(11)18(22)15-9-8-14(25-15)17-20-13-4-2-3-5-16(13)26-17/h2-5,8-9,11-12H,6-7,10H2,1H3,(H,23,24). The maximum atomic E-state index is 12.8. The van der Waals surface area contributed by atoms with Gasteiger partial charge < -0.3 is 14.4 Å². The number of thiazole rings is 1. The molecule has 134 valence electrons.